The highest BCUT2D eigenvalue weighted by atomic mass is 16.4. The monoisotopic (exact) mass is 460 g/mol. The summed E-state index contributed by atoms with van der Waals surface area (Å²) in [7, 11) is 0. The lowest BCUT2D eigenvalue weighted by atomic mass is 9.47. The van der Waals surface area contributed by atoms with Crippen molar-refractivity contribution in [3.8, 4) is 0 Å². The molecule has 4 aliphatic carbocycles. The van der Waals surface area contributed by atoms with Crippen LogP contribution in [0, 0.1) is 40.4 Å². The minimum absolute atomic E-state index is 0.0280. The summed E-state index contributed by atoms with van der Waals surface area (Å²) in [6.07, 6.45) is 12.1. The molecule has 9 atom stereocenters. The van der Waals surface area contributed by atoms with Crippen molar-refractivity contribution < 1.29 is 19.8 Å². The summed E-state index contributed by atoms with van der Waals surface area (Å²) >= 11 is 0. The number of hydrogen-bond acceptors (Lipinski definition) is 4. The van der Waals surface area contributed by atoms with E-state index in [2.05, 4.69) is 32.2 Å². The molecule has 5 N–H and O–H groups in total. The van der Waals surface area contributed by atoms with E-state index in [1.54, 1.807) is 0 Å². The first-order chi connectivity index (χ1) is 15.6. The zero-order valence-corrected chi connectivity index (χ0v) is 20.7. The Hall–Kier alpha value is -1.40. The van der Waals surface area contributed by atoms with E-state index in [0.29, 0.717) is 43.1 Å². The number of nitrogens with one attached hydrogen (secondary N) is 1. The number of hydrogen-bond donors (Lipinski definition) is 4. The summed E-state index contributed by atoms with van der Waals surface area (Å²) in [4.78, 5) is 23.9. The van der Waals surface area contributed by atoms with Crippen LogP contribution < -0.4 is 11.1 Å². The second-order valence-electron chi connectivity index (χ2n) is 12.1. The highest BCUT2D eigenvalue weighted by Crippen LogP contribution is 2.67. The predicted molar refractivity (Wildman–Crippen MR) is 128 cm³/mol. The summed E-state index contributed by atoms with van der Waals surface area (Å²) in [6, 6.07) is -0.858. The van der Waals surface area contributed by atoms with Crippen molar-refractivity contribution in [2.45, 2.75) is 97.1 Å². The van der Waals surface area contributed by atoms with Crippen LogP contribution in [-0.4, -0.2) is 40.8 Å². The van der Waals surface area contributed by atoms with E-state index in [9.17, 15) is 14.7 Å². The van der Waals surface area contributed by atoms with E-state index in [1.165, 1.54) is 24.8 Å². The summed E-state index contributed by atoms with van der Waals surface area (Å²) in [5.41, 5.74) is 7.53. The molecule has 0 radical (unpaired) electrons. The number of carboxylic acids is 1. The summed E-state index contributed by atoms with van der Waals surface area (Å²) in [6.45, 7) is 7.49. The Bertz CT molecular complexity index is 797. The molecule has 4 rings (SSSR count). The molecule has 33 heavy (non-hydrogen) atoms. The quantitative estimate of drug-likeness (QED) is 0.340. The van der Waals surface area contributed by atoms with Crippen LogP contribution in [0.1, 0.15) is 85.0 Å². The van der Waals surface area contributed by atoms with Gasteiger partial charge in [-0.05, 0) is 98.7 Å². The van der Waals surface area contributed by atoms with Gasteiger partial charge in [0.25, 0.3) is 0 Å². The first-order valence-electron chi connectivity index (χ1n) is 13.2. The van der Waals surface area contributed by atoms with Gasteiger partial charge in [0, 0.05) is 12.5 Å². The number of fused-ring (bicyclic) bond motifs is 5. The summed E-state index contributed by atoms with van der Waals surface area (Å²) < 4.78 is 0. The van der Waals surface area contributed by atoms with Crippen LogP contribution in [0.15, 0.2) is 11.6 Å². The second-order valence-corrected chi connectivity index (χ2v) is 12.1. The van der Waals surface area contributed by atoms with Gasteiger partial charge in [-0.3, -0.25) is 9.59 Å². The van der Waals surface area contributed by atoms with Gasteiger partial charge in [0.05, 0.1) is 6.10 Å². The number of carbonyl (C=O) groups is 2. The molecule has 0 saturated heterocycles. The lowest BCUT2D eigenvalue weighted by molar-refractivity contribution is -0.138. The molecule has 3 saturated carbocycles. The van der Waals surface area contributed by atoms with Crippen molar-refractivity contribution in [3.05, 3.63) is 11.6 Å². The molecular weight excluding hydrogens is 416 g/mol. The van der Waals surface area contributed by atoms with Crippen LogP contribution in [0.25, 0.3) is 0 Å². The van der Waals surface area contributed by atoms with Crippen LogP contribution in [0.2, 0.25) is 0 Å². The fourth-order valence-electron chi connectivity index (χ4n) is 8.50. The van der Waals surface area contributed by atoms with E-state index < -0.39 is 12.0 Å². The highest BCUT2D eigenvalue weighted by molar-refractivity contribution is 5.78. The maximum absolute atomic E-state index is 13.0. The molecular formula is C27H44N2O4. The zero-order chi connectivity index (χ0) is 24.0. The van der Waals surface area contributed by atoms with Crippen molar-refractivity contribution in [1.82, 2.24) is 5.32 Å². The maximum Gasteiger partial charge on any atom is 0.320 e. The summed E-state index contributed by atoms with van der Waals surface area (Å²) in [5.74, 6) is 1.57. The molecule has 0 aromatic rings. The van der Waals surface area contributed by atoms with Gasteiger partial charge in [0.2, 0.25) is 5.91 Å². The Morgan fingerprint density at radius 2 is 1.94 bits per heavy atom. The van der Waals surface area contributed by atoms with E-state index in [-0.39, 0.29) is 28.8 Å². The zero-order valence-electron chi connectivity index (χ0n) is 20.7. The Labute approximate surface area is 198 Å². The van der Waals surface area contributed by atoms with Gasteiger partial charge >= 0.3 is 5.97 Å². The standard InChI is InChI=1S/C27H44N2O4/c1-16(24(31)29-14-4-5-23(28)25(32)33)20-8-9-21-19-7-6-17-15-18(30)10-12-26(17,2)22(19)11-13-27(20,21)3/h6,16,18-23,30H,4-5,7-15,28H2,1-3H3,(H,29,31)(H,32,33)/t16-,18-,19-,20+,21-,22-,23-,26-,27+/m0/s1. The molecule has 0 aromatic heterocycles. The SMILES string of the molecule is C[C@H](C(=O)NCCC[C@H](N)C(=O)O)[C@H]1CC[C@H]2[C@@H]3CC=C4C[C@@H](O)CC[C@]4(C)[C@H]3CC[C@]12C. The highest BCUT2D eigenvalue weighted by Gasteiger charge is 2.59. The van der Waals surface area contributed by atoms with Crippen molar-refractivity contribution >= 4 is 11.9 Å². The molecule has 0 aliphatic heterocycles. The third-order valence-electron chi connectivity index (χ3n) is 10.5. The van der Waals surface area contributed by atoms with Gasteiger partial charge in [0.1, 0.15) is 6.04 Å². The molecule has 3 fully saturated rings. The van der Waals surface area contributed by atoms with E-state index in [4.69, 9.17) is 10.8 Å². The smallest absolute Gasteiger partial charge is 0.320 e. The number of amides is 1. The first-order valence-corrected chi connectivity index (χ1v) is 13.2. The van der Waals surface area contributed by atoms with Gasteiger partial charge in [-0.1, -0.05) is 32.4 Å². The lowest BCUT2D eigenvalue weighted by Crippen LogP contribution is -2.51. The molecule has 0 bridgehead atoms. The van der Waals surface area contributed by atoms with E-state index >= 15 is 0 Å². The number of carbonyl (C=O) groups excluding carboxylic acids is 1. The number of nitrogens with two attached hydrogens (primary N) is 1. The summed E-state index contributed by atoms with van der Waals surface area (Å²) in [5, 5.41) is 22.2. The molecule has 186 valence electrons. The van der Waals surface area contributed by atoms with Crippen LogP contribution in [-0.2, 0) is 9.59 Å². The third kappa shape index (κ3) is 4.38. The number of allylic oxidation sites excluding steroid dienone is 1. The molecule has 6 nitrogen and oxygen atoms in total. The van der Waals surface area contributed by atoms with Crippen molar-refractivity contribution in [2.24, 2.45) is 46.2 Å². The fraction of sp³-hybridized carbons (Fsp3) is 0.852. The molecule has 0 heterocycles. The number of aliphatic carboxylic acids is 1. The van der Waals surface area contributed by atoms with E-state index in [1.807, 2.05) is 0 Å². The molecule has 0 unspecified atom stereocenters. The average molecular weight is 461 g/mol. The van der Waals surface area contributed by atoms with Crippen molar-refractivity contribution in [3.63, 3.8) is 0 Å². The molecule has 4 aliphatic rings. The molecule has 6 heteroatoms. The Kier molecular flexibility index (Phi) is 6.99. The Morgan fingerprint density at radius 1 is 1.18 bits per heavy atom. The molecule has 0 aromatic carbocycles. The Balaban J connectivity index is 1.39. The van der Waals surface area contributed by atoms with Gasteiger partial charge in [0.15, 0.2) is 0 Å². The molecule has 0 spiro atoms. The normalized spacial score (nSPS) is 41.7. The number of aliphatic hydroxyl groups excluding tert-OH is 1. The number of rotatable bonds is 7. The van der Waals surface area contributed by atoms with Crippen LogP contribution in [0.5, 0.6) is 0 Å². The number of carboxylic acid groups (broad SMARTS) is 1. The third-order valence-corrected chi connectivity index (χ3v) is 10.5. The van der Waals surface area contributed by atoms with Gasteiger partial charge in [-0.15, -0.1) is 0 Å². The van der Waals surface area contributed by atoms with Gasteiger partial charge in [-0.2, -0.15) is 0 Å². The minimum Gasteiger partial charge on any atom is -0.480 e. The van der Waals surface area contributed by atoms with Gasteiger partial charge < -0.3 is 21.3 Å². The average Bonchev–Trinajstić information content (AvgIpc) is 3.13. The van der Waals surface area contributed by atoms with Crippen LogP contribution in [0.3, 0.4) is 0 Å². The molecule has 1 amide bonds. The predicted octanol–water partition coefficient (Wildman–Crippen LogP) is 3.87. The first kappa shape index (κ1) is 24.7. The maximum atomic E-state index is 13.0. The largest absolute Gasteiger partial charge is 0.480 e. The topological polar surface area (TPSA) is 113 Å². The van der Waals surface area contributed by atoms with E-state index in [0.717, 1.165) is 32.1 Å². The van der Waals surface area contributed by atoms with Crippen LogP contribution >= 0.6 is 0 Å². The Morgan fingerprint density at radius 3 is 2.67 bits per heavy atom. The minimum atomic E-state index is -0.988. The second kappa shape index (κ2) is 9.33. The fourth-order valence-corrected chi connectivity index (χ4v) is 8.50. The van der Waals surface area contributed by atoms with Gasteiger partial charge in [-0.25, -0.2) is 0 Å². The van der Waals surface area contributed by atoms with Crippen molar-refractivity contribution in [2.75, 3.05) is 6.54 Å². The number of aliphatic hydroxyl groups is 1. The lowest BCUT2D eigenvalue weighted by Gasteiger charge is -2.58. The van der Waals surface area contributed by atoms with Crippen molar-refractivity contribution in [1.29, 1.82) is 0 Å². The van der Waals surface area contributed by atoms with Crippen LogP contribution in [0.4, 0.5) is 0 Å².